The summed E-state index contributed by atoms with van der Waals surface area (Å²) in [5.74, 6) is -1.55. The molecule has 0 radical (unpaired) electrons. The van der Waals surface area contributed by atoms with Crippen LogP contribution < -0.4 is 10.6 Å². The van der Waals surface area contributed by atoms with E-state index in [9.17, 15) is 18.7 Å². The van der Waals surface area contributed by atoms with Gasteiger partial charge in [0.2, 0.25) is 0 Å². The Morgan fingerprint density at radius 1 is 1.14 bits per heavy atom. The third-order valence-corrected chi connectivity index (χ3v) is 3.61. The van der Waals surface area contributed by atoms with E-state index in [1.807, 2.05) is 24.3 Å². The largest absolute Gasteiger partial charge is 0.390 e. The van der Waals surface area contributed by atoms with Gasteiger partial charge in [0.15, 0.2) is 0 Å². The number of carbonyl (C=O) groups is 1. The number of fused-ring (bicyclic) bond motifs is 1. The van der Waals surface area contributed by atoms with Crippen molar-refractivity contribution >= 4 is 11.7 Å². The number of halogens is 2. The maximum atomic E-state index is 13.1. The smallest absolute Gasteiger partial charge is 0.319 e. The Morgan fingerprint density at radius 2 is 1.82 bits per heavy atom. The zero-order valence-electron chi connectivity index (χ0n) is 11.5. The second kappa shape index (κ2) is 5.73. The summed E-state index contributed by atoms with van der Waals surface area (Å²) in [5.41, 5.74) is 1.82. The summed E-state index contributed by atoms with van der Waals surface area (Å²) in [6, 6.07) is 8.98. The molecule has 0 fully saturated rings. The summed E-state index contributed by atoms with van der Waals surface area (Å²) in [5, 5.41) is 15.0. The van der Waals surface area contributed by atoms with Gasteiger partial charge in [-0.1, -0.05) is 24.3 Å². The number of rotatable bonds is 2. The maximum Gasteiger partial charge on any atom is 0.319 e. The van der Waals surface area contributed by atoms with E-state index in [1.165, 1.54) is 0 Å². The van der Waals surface area contributed by atoms with Crippen LogP contribution in [0.1, 0.15) is 17.2 Å². The number of hydrogen-bond donors (Lipinski definition) is 3. The van der Waals surface area contributed by atoms with Crippen molar-refractivity contribution in [2.75, 3.05) is 5.32 Å². The minimum absolute atomic E-state index is 0.00997. The van der Waals surface area contributed by atoms with Gasteiger partial charge in [0, 0.05) is 18.2 Å². The number of amides is 2. The highest BCUT2D eigenvalue weighted by molar-refractivity contribution is 5.89. The summed E-state index contributed by atoms with van der Waals surface area (Å²) in [7, 11) is 0. The van der Waals surface area contributed by atoms with Gasteiger partial charge in [0.05, 0.1) is 12.1 Å². The Bertz CT molecular complexity index is 701. The predicted molar refractivity (Wildman–Crippen MR) is 77.4 cm³/mol. The molecule has 2 atom stereocenters. The SMILES string of the molecule is O=C(Nc1cc(F)cc(F)c1)NC1c2ccccc2CC1O. The summed E-state index contributed by atoms with van der Waals surface area (Å²) in [6.07, 6.45) is -0.275. The number of urea groups is 1. The Kier molecular flexibility index (Phi) is 3.77. The molecular formula is C16H14F2N2O2. The van der Waals surface area contributed by atoms with Gasteiger partial charge in [-0.05, 0) is 23.3 Å². The normalized spacial score (nSPS) is 19.6. The molecule has 2 aromatic carbocycles. The van der Waals surface area contributed by atoms with E-state index in [-0.39, 0.29) is 5.69 Å². The predicted octanol–water partition coefficient (Wildman–Crippen LogP) is 2.74. The zero-order valence-corrected chi connectivity index (χ0v) is 11.5. The Hall–Kier alpha value is -2.47. The molecule has 0 heterocycles. The number of aliphatic hydroxyl groups is 1. The summed E-state index contributed by atoms with van der Waals surface area (Å²) < 4.78 is 26.2. The first kappa shape index (κ1) is 14.5. The van der Waals surface area contributed by atoms with E-state index in [0.29, 0.717) is 6.42 Å². The second-order valence-corrected chi connectivity index (χ2v) is 5.20. The fraction of sp³-hybridized carbons (Fsp3) is 0.188. The molecule has 0 bridgehead atoms. The molecule has 0 aliphatic heterocycles. The third-order valence-electron chi connectivity index (χ3n) is 3.61. The minimum Gasteiger partial charge on any atom is -0.390 e. The number of nitrogens with one attached hydrogen (secondary N) is 2. The van der Waals surface area contributed by atoms with Gasteiger partial charge in [-0.25, -0.2) is 13.6 Å². The van der Waals surface area contributed by atoms with Crippen molar-refractivity contribution in [1.82, 2.24) is 5.32 Å². The standard InChI is InChI=1S/C16H14F2N2O2/c17-10-6-11(18)8-12(7-10)19-16(22)20-15-13-4-2-1-3-9(13)5-14(15)21/h1-4,6-8,14-15,21H,5H2,(H2,19,20,22). The van der Waals surface area contributed by atoms with E-state index < -0.39 is 29.8 Å². The van der Waals surface area contributed by atoms with Crippen LogP contribution in [0.25, 0.3) is 0 Å². The van der Waals surface area contributed by atoms with Gasteiger partial charge in [-0.2, -0.15) is 0 Å². The molecule has 1 aliphatic rings. The topological polar surface area (TPSA) is 61.4 Å². The molecule has 6 heteroatoms. The minimum atomic E-state index is -0.776. The lowest BCUT2D eigenvalue weighted by Crippen LogP contribution is -2.36. The van der Waals surface area contributed by atoms with Crippen molar-refractivity contribution in [3.63, 3.8) is 0 Å². The Balaban J connectivity index is 1.72. The highest BCUT2D eigenvalue weighted by Crippen LogP contribution is 2.31. The molecule has 114 valence electrons. The summed E-state index contributed by atoms with van der Waals surface area (Å²) in [4.78, 5) is 12.0. The van der Waals surface area contributed by atoms with Gasteiger partial charge in [0.25, 0.3) is 0 Å². The molecule has 0 saturated heterocycles. The second-order valence-electron chi connectivity index (χ2n) is 5.20. The van der Waals surface area contributed by atoms with Crippen LogP contribution in [-0.2, 0) is 6.42 Å². The lowest BCUT2D eigenvalue weighted by Gasteiger charge is -2.18. The van der Waals surface area contributed by atoms with E-state index in [1.54, 1.807) is 0 Å². The van der Waals surface area contributed by atoms with Gasteiger partial charge in [0.1, 0.15) is 11.6 Å². The number of carbonyl (C=O) groups excluding carboxylic acids is 1. The van der Waals surface area contributed by atoms with Crippen LogP contribution in [0, 0.1) is 11.6 Å². The fourth-order valence-electron chi connectivity index (χ4n) is 2.68. The van der Waals surface area contributed by atoms with Crippen molar-refractivity contribution in [2.24, 2.45) is 0 Å². The molecule has 0 spiro atoms. The third kappa shape index (κ3) is 2.92. The fourth-order valence-corrected chi connectivity index (χ4v) is 2.68. The zero-order chi connectivity index (χ0) is 15.7. The van der Waals surface area contributed by atoms with Crippen LogP contribution in [-0.4, -0.2) is 17.2 Å². The summed E-state index contributed by atoms with van der Waals surface area (Å²) >= 11 is 0. The van der Waals surface area contributed by atoms with Crippen LogP contribution in [0.5, 0.6) is 0 Å². The highest BCUT2D eigenvalue weighted by atomic mass is 19.1. The van der Waals surface area contributed by atoms with Crippen molar-refractivity contribution < 1.29 is 18.7 Å². The van der Waals surface area contributed by atoms with Crippen molar-refractivity contribution in [3.8, 4) is 0 Å². The van der Waals surface area contributed by atoms with Crippen molar-refractivity contribution in [2.45, 2.75) is 18.6 Å². The van der Waals surface area contributed by atoms with Gasteiger partial charge < -0.3 is 15.7 Å². The van der Waals surface area contributed by atoms with Gasteiger partial charge >= 0.3 is 6.03 Å². The molecule has 3 rings (SSSR count). The summed E-state index contributed by atoms with van der Waals surface area (Å²) in [6.45, 7) is 0. The lowest BCUT2D eigenvalue weighted by atomic mass is 10.1. The molecule has 4 nitrogen and oxygen atoms in total. The molecule has 2 amide bonds. The van der Waals surface area contributed by atoms with E-state index in [4.69, 9.17) is 0 Å². The Morgan fingerprint density at radius 3 is 2.55 bits per heavy atom. The van der Waals surface area contributed by atoms with Crippen molar-refractivity contribution in [1.29, 1.82) is 0 Å². The van der Waals surface area contributed by atoms with E-state index >= 15 is 0 Å². The lowest BCUT2D eigenvalue weighted by molar-refractivity contribution is 0.144. The van der Waals surface area contributed by atoms with Crippen LogP contribution >= 0.6 is 0 Å². The average molecular weight is 304 g/mol. The maximum absolute atomic E-state index is 13.1. The number of aliphatic hydroxyl groups excluding tert-OH is 1. The molecule has 0 saturated carbocycles. The monoisotopic (exact) mass is 304 g/mol. The molecular weight excluding hydrogens is 290 g/mol. The van der Waals surface area contributed by atoms with Crippen molar-refractivity contribution in [3.05, 3.63) is 65.2 Å². The van der Waals surface area contributed by atoms with Gasteiger partial charge in [-0.3, -0.25) is 0 Å². The van der Waals surface area contributed by atoms with E-state index in [2.05, 4.69) is 10.6 Å². The number of benzene rings is 2. The van der Waals surface area contributed by atoms with Crippen LogP contribution in [0.3, 0.4) is 0 Å². The quantitative estimate of drug-likeness (QED) is 0.799. The number of hydrogen-bond acceptors (Lipinski definition) is 2. The molecule has 3 N–H and O–H groups in total. The Labute approximate surface area is 125 Å². The number of anilines is 1. The molecule has 0 aromatic heterocycles. The first-order valence-corrected chi connectivity index (χ1v) is 6.82. The highest BCUT2D eigenvalue weighted by Gasteiger charge is 2.31. The molecule has 1 aliphatic carbocycles. The first-order chi connectivity index (χ1) is 10.5. The first-order valence-electron chi connectivity index (χ1n) is 6.82. The van der Waals surface area contributed by atoms with Gasteiger partial charge in [-0.15, -0.1) is 0 Å². The van der Waals surface area contributed by atoms with Crippen LogP contribution in [0.2, 0.25) is 0 Å². The molecule has 2 unspecified atom stereocenters. The average Bonchev–Trinajstić information content (AvgIpc) is 2.74. The van der Waals surface area contributed by atoms with E-state index in [0.717, 1.165) is 29.3 Å². The van der Waals surface area contributed by atoms with Crippen LogP contribution in [0.15, 0.2) is 42.5 Å². The molecule has 22 heavy (non-hydrogen) atoms. The molecule has 2 aromatic rings. The van der Waals surface area contributed by atoms with Crippen LogP contribution in [0.4, 0.5) is 19.3 Å².